The first-order chi connectivity index (χ1) is 8.54. The fraction of sp³-hybridized carbons (Fsp3) is 0.455. The molecule has 0 saturated carbocycles. The molecule has 9 heteroatoms. The van der Waals surface area contributed by atoms with Gasteiger partial charge in [-0.15, -0.1) is 12.4 Å². The van der Waals surface area contributed by atoms with Gasteiger partial charge in [0, 0.05) is 11.7 Å². The fourth-order valence-corrected chi connectivity index (χ4v) is 2.66. The van der Waals surface area contributed by atoms with Gasteiger partial charge in [0.15, 0.2) is 0 Å². The molecule has 1 saturated heterocycles. The van der Waals surface area contributed by atoms with E-state index in [4.69, 9.17) is 0 Å². The Bertz CT molecular complexity index is 455. The number of piperidine rings is 1. The number of hydrogen-bond acceptors (Lipinski definition) is 2. The molecule has 0 radical (unpaired) electrons. The number of rotatable bonds is 3. The van der Waals surface area contributed by atoms with Crippen molar-refractivity contribution in [2.75, 3.05) is 18.4 Å². The van der Waals surface area contributed by atoms with E-state index < -0.39 is 15.1 Å². The van der Waals surface area contributed by atoms with Crippen LogP contribution >= 0.6 is 22.6 Å². The molecule has 118 valence electrons. The van der Waals surface area contributed by atoms with E-state index in [9.17, 15) is 19.4 Å². The summed E-state index contributed by atoms with van der Waals surface area (Å²) in [6, 6.07) is 3.13. The summed E-state index contributed by atoms with van der Waals surface area (Å²) in [5.74, 6) is 0. The monoisotopic (exact) mass is 338 g/mol. The van der Waals surface area contributed by atoms with Crippen LogP contribution in [0.3, 0.4) is 0 Å². The highest BCUT2D eigenvalue weighted by Crippen LogP contribution is 3.02. The minimum absolute atomic E-state index is 0. The van der Waals surface area contributed by atoms with E-state index in [2.05, 4.69) is 10.6 Å². The molecular weight excluding hydrogens is 323 g/mol. The van der Waals surface area contributed by atoms with Crippen LogP contribution in [-0.2, 0) is 0 Å². The van der Waals surface area contributed by atoms with Crippen LogP contribution in [-0.4, -0.2) is 19.1 Å². The van der Waals surface area contributed by atoms with Crippen molar-refractivity contribution in [3.63, 3.8) is 0 Å². The second-order valence-electron chi connectivity index (χ2n) is 4.66. The second-order valence-corrected chi connectivity index (χ2v) is 7.07. The molecule has 2 nitrogen and oxygen atoms in total. The molecular formula is C11H16ClF5N2S. The summed E-state index contributed by atoms with van der Waals surface area (Å²) in [4.78, 5) is -1.85. The van der Waals surface area contributed by atoms with Crippen molar-refractivity contribution in [1.82, 2.24) is 5.32 Å². The molecule has 2 rings (SSSR count). The molecule has 0 unspecified atom stereocenters. The molecule has 0 atom stereocenters. The Balaban J connectivity index is 0.00000200. The van der Waals surface area contributed by atoms with E-state index >= 15 is 0 Å². The fourth-order valence-electron chi connectivity index (χ4n) is 2.01. The van der Waals surface area contributed by atoms with Crippen molar-refractivity contribution < 1.29 is 19.4 Å². The molecule has 1 aliphatic heterocycles. The first kappa shape index (κ1) is 17.3. The lowest BCUT2D eigenvalue weighted by atomic mass is 10.1. The zero-order valence-corrected chi connectivity index (χ0v) is 12.1. The van der Waals surface area contributed by atoms with Crippen molar-refractivity contribution in [3.8, 4) is 0 Å². The van der Waals surface area contributed by atoms with Gasteiger partial charge < -0.3 is 10.6 Å². The summed E-state index contributed by atoms with van der Waals surface area (Å²) in [5.41, 5.74) is 0.428. The molecule has 0 spiro atoms. The summed E-state index contributed by atoms with van der Waals surface area (Å²) >= 11 is 0. The smallest absolute Gasteiger partial charge is 0.310 e. The van der Waals surface area contributed by atoms with E-state index in [0.29, 0.717) is 17.8 Å². The van der Waals surface area contributed by atoms with Crippen LogP contribution in [0.4, 0.5) is 25.1 Å². The first-order valence-corrected chi connectivity index (χ1v) is 7.81. The molecule has 20 heavy (non-hydrogen) atoms. The molecule has 0 bridgehead atoms. The SMILES string of the molecule is Cl.FS(F)(F)(F)(F)c1ccc(NC2CCNCC2)cc1. The maximum atomic E-state index is 12.5. The van der Waals surface area contributed by atoms with Crippen LogP contribution in [0, 0.1) is 0 Å². The molecule has 0 aromatic heterocycles. The predicted molar refractivity (Wildman–Crippen MR) is 74.6 cm³/mol. The largest absolute Gasteiger partial charge is 0.382 e. The summed E-state index contributed by atoms with van der Waals surface area (Å²) < 4.78 is 62.5. The third-order valence-electron chi connectivity index (χ3n) is 3.01. The first-order valence-electron chi connectivity index (χ1n) is 5.86. The topological polar surface area (TPSA) is 24.1 Å². The maximum Gasteiger partial charge on any atom is 0.310 e. The van der Waals surface area contributed by atoms with Gasteiger partial charge in [-0.1, -0.05) is 19.4 Å². The van der Waals surface area contributed by atoms with Crippen LogP contribution in [0.25, 0.3) is 0 Å². The van der Waals surface area contributed by atoms with E-state index in [1.165, 1.54) is 0 Å². The van der Waals surface area contributed by atoms with Crippen LogP contribution in [0.1, 0.15) is 12.8 Å². The highest BCUT2D eigenvalue weighted by atomic mass is 35.5. The van der Waals surface area contributed by atoms with Crippen molar-refractivity contribution >= 4 is 28.3 Å². The molecule has 1 aliphatic rings. The van der Waals surface area contributed by atoms with Gasteiger partial charge in [0.2, 0.25) is 0 Å². The standard InChI is InChI=1S/C11H15F5N2S.ClH/c12-19(13,14,15,16)11-3-1-9(2-4-11)18-10-5-7-17-8-6-10;/h1-4,10,17-18H,5-8H2;1H. The Morgan fingerprint density at radius 1 is 0.950 bits per heavy atom. The Labute approximate surface area is 120 Å². The summed E-state index contributed by atoms with van der Waals surface area (Å²) in [6.07, 6.45) is 1.70. The van der Waals surface area contributed by atoms with Crippen molar-refractivity contribution in [2.24, 2.45) is 0 Å². The lowest BCUT2D eigenvalue weighted by Crippen LogP contribution is -2.35. The zero-order valence-electron chi connectivity index (χ0n) is 10.4. The van der Waals surface area contributed by atoms with E-state index in [0.717, 1.165) is 38.1 Å². The maximum absolute atomic E-state index is 12.5. The molecule has 2 N–H and O–H groups in total. The van der Waals surface area contributed by atoms with Crippen LogP contribution in [0.2, 0.25) is 0 Å². The zero-order chi connectivity index (χ0) is 14.2. The minimum Gasteiger partial charge on any atom is -0.382 e. The average molecular weight is 339 g/mol. The minimum atomic E-state index is -9.55. The number of nitrogens with one attached hydrogen (secondary N) is 2. The second kappa shape index (κ2) is 4.92. The van der Waals surface area contributed by atoms with Crippen molar-refractivity contribution in [2.45, 2.75) is 23.8 Å². The number of benzene rings is 1. The summed E-state index contributed by atoms with van der Waals surface area (Å²) in [6.45, 7) is 1.67. The Morgan fingerprint density at radius 3 is 1.90 bits per heavy atom. The van der Waals surface area contributed by atoms with Gasteiger partial charge in [-0.2, -0.15) is 0 Å². The van der Waals surface area contributed by atoms with Gasteiger partial charge in [0.05, 0.1) is 0 Å². The van der Waals surface area contributed by atoms with Gasteiger partial charge >= 0.3 is 10.2 Å². The summed E-state index contributed by atoms with van der Waals surface area (Å²) in [7, 11) is -9.55. The van der Waals surface area contributed by atoms with Gasteiger partial charge in [-0.25, -0.2) is 0 Å². The van der Waals surface area contributed by atoms with Crippen molar-refractivity contribution in [3.05, 3.63) is 24.3 Å². The predicted octanol–water partition coefficient (Wildman–Crippen LogP) is 4.93. The molecule has 1 fully saturated rings. The Morgan fingerprint density at radius 2 is 1.45 bits per heavy atom. The highest BCUT2D eigenvalue weighted by molar-refractivity contribution is 8.45. The lowest BCUT2D eigenvalue weighted by molar-refractivity contribution is 0.364. The average Bonchev–Trinajstić information content (AvgIpc) is 2.28. The van der Waals surface area contributed by atoms with Crippen LogP contribution < -0.4 is 10.6 Å². The number of hydrogen-bond donors (Lipinski definition) is 2. The molecule has 1 heterocycles. The highest BCUT2D eigenvalue weighted by Gasteiger charge is 2.65. The van der Waals surface area contributed by atoms with Crippen LogP contribution in [0.5, 0.6) is 0 Å². The molecule has 0 amide bonds. The molecule has 0 aliphatic carbocycles. The van der Waals surface area contributed by atoms with Crippen LogP contribution in [0.15, 0.2) is 29.2 Å². The van der Waals surface area contributed by atoms with Crippen molar-refractivity contribution in [1.29, 1.82) is 0 Å². The summed E-state index contributed by atoms with van der Waals surface area (Å²) in [5, 5.41) is 6.20. The molecule has 1 aromatic carbocycles. The third kappa shape index (κ3) is 4.68. The van der Waals surface area contributed by atoms with Gasteiger partial charge in [-0.05, 0) is 50.2 Å². The normalized spacial score (nSPS) is 20.4. The lowest BCUT2D eigenvalue weighted by Gasteiger charge is -2.40. The quantitative estimate of drug-likeness (QED) is 0.764. The number of anilines is 1. The Hall–Kier alpha value is -0.730. The van der Waals surface area contributed by atoms with Gasteiger partial charge in [0.25, 0.3) is 0 Å². The van der Waals surface area contributed by atoms with E-state index in [1.807, 2.05) is 0 Å². The van der Waals surface area contributed by atoms with E-state index in [-0.39, 0.29) is 18.4 Å². The molecule has 1 aromatic rings. The Kier molecular flexibility index (Phi) is 4.26. The van der Waals surface area contributed by atoms with Gasteiger partial charge in [0.1, 0.15) is 4.90 Å². The van der Waals surface area contributed by atoms with E-state index in [1.54, 1.807) is 0 Å². The third-order valence-corrected chi connectivity index (χ3v) is 4.17. The van der Waals surface area contributed by atoms with Gasteiger partial charge in [-0.3, -0.25) is 0 Å². The number of halogens is 6.